The van der Waals surface area contributed by atoms with Crippen molar-refractivity contribution in [1.29, 1.82) is 0 Å². The van der Waals surface area contributed by atoms with Crippen LogP contribution in [-0.4, -0.2) is 24.5 Å². The number of alkyl halides is 2. The molecular formula is C23H27F2N3O2. The Morgan fingerprint density at radius 3 is 2.60 bits per heavy atom. The molecule has 2 aromatic rings. The molecular weight excluding hydrogens is 388 g/mol. The number of phenols is 1. The van der Waals surface area contributed by atoms with Crippen molar-refractivity contribution in [1.82, 2.24) is 10.6 Å². The molecule has 3 N–H and O–H groups in total. The molecule has 1 atom stereocenters. The quantitative estimate of drug-likeness (QED) is 0.578. The first-order chi connectivity index (χ1) is 14.3. The Kier molecular flexibility index (Phi) is 6.59. The number of aliphatic imine (C=N–C) groups is 1. The van der Waals surface area contributed by atoms with Gasteiger partial charge in [0, 0.05) is 24.3 Å². The molecule has 0 fully saturated rings. The van der Waals surface area contributed by atoms with Crippen LogP contribution in [0.3, 0.4) is 0 Å². The molecule has 30 heavy (non-hydrogen) atoms. The molecule has 0 aliphatic carbocycles. The molecule has 1 aliphatic rings. The van der Waals surface area contributed by atoms with E-state index in [1.165, 1.54) is 19.2 Å². The molecule has 7 heteroatoms. The smallest absolute Gasteiger partial charge is 0.270 e. The highest BCUT2D eigenvalue weighted by atomic mass is 19.3. The van der Waals surface area contributed by atoms with Crippen LogP contribution in [0.2, 0.25) is 0 Å². The normalized spacial score (nSPS) is 15.0. The van der Waals surface area contributed by atoms with Crippen molar-refractivity contribution in [2.45, 2.75) is 38.7 Å². The van der Waals surface area contributed by atoms with Gasteiger partial charge in [0.2, 0.25) is 0 Å². The molecule has 3 rings (SSSR count). The summed E-state index contributed by atoms with van der Waals surface area (Å²) in [6.45, 7) is 3.52. The molecule has 1 heterocycles. The van der Waals surface area contributed by atoms with Gasteiger partial charge in [0.1, 0.15) is 5.82 Å². The largest absolute Gasteiger partial charge is 0.504 e. The number of aromatic hydroxyl groups is 1. The van der Waals surface area contributed by atoms with Crippen LogP contribution in [-0.2, 0) is 5.92 Å². The molecule has 0 amide bonds. The van der Waals surface area contributed by atoms with Gasteiger partial charge in [0.05, 0.1) is 25.4 Å². The first kappa shape index (κ1) is 21.6. The second-order valence-corrected chi connectivity index (χ2v) is 7.35. The van der Waals surface area contributed by atoms with Gasteiger partial charge in [-0.1, -0.05) is 37.6 Å². The van der Waals surface area contributed by atoms with Gasteiger partial charge in [-0.05, 0) is 30.2 Å². The van der Waals surface area contributed by atoms with Crippen LogP contribution in [0.4, 0.5) is 8.78 Å². The van der Waals surface area contributed by atoms with E-state index in [1.807, 2.05) is 0 Å². The summed E-state index contributed by atoms with van der Waals surface area (Å²) < 4.78 is 32.2. The van der Waals surface area contributed by atoms with E-state index in [9.17, 15) is 13.9 Å². The van der Waals surface area contributed by atoms with Gasteiger partial charge in [-0.15, -0.1) is 0 Å². The molecule has 0 spiro atoms. The Morgan fingerprint density at radius 1 is 1.23 bits per heavy atom. The van der Waals surface area contributed by atoms with E-state index in [2.05, 4.69) is 17.6 Å². The summed E-state index contributed by atoms with van der Waals surface area (Å²) in [7, 11) is 1.50. The third-order valence-electron chi connectivity index (χ3n) is 5.00. The second-order valence-electron chi connectivity index (χ2n) is 7.35. The third kappa shape index (κ3) is 5.09. The lowest BCUT2D eigenvalue weighted by atomic mass is 9.99. The average Bonchev–Trinajstić information content (AvgIpc) is 2.73. The Balaban J connectivity index is 1.81. The summed E-state index contributed by atoms with van der Waals surface area (Å²) >= 11 is 0. The summed E-state index contributed by atoms with van der Waals surface area (Å²) in [5.41, 5.74) is 2.57. The van der Waals surface area contributed by atoms with Gasteiger partial charge in [0.15, 0.2) is 11.5 Å². The lowest BCUT2D eigenvalue weighted by Gasteiger charge is -2.23. The van der Waals surface area contributed by atoms with Crippen molar-refractivity contribution in [2.75, 3.05) is 13.7 Å². The van der Waals surface area contributed by atoms with Crippen molar-refractivity contribution in [3.05, 3.63) is 71.2 Å². The van der Waals surface area contributed by atoms with Crippen LogP contribution in [0.15, 0.2) is 59.5 Å². The SMILES string of the molecule is CCCC(NC1=CNCC(c2ccc(O)c(OC)c2)=N1)c1ccc(C(C)(F)F)cc1. The number of hydrogen-bond acceptors (Lipinski definition) is 5. The molecule has 160 valence electrons. The molecule has 0 saturated carbocycles. The molecule has 0 bridgehead atoms. The number of benzene rings is 2. The summed E-state index contributed by atoms with van der Waals surface area (Å²) in [5, 5.41) is 16.4. The number of phenolic OH excluding ortho intramolecular Hbond substituents is 1. The van der Waals surface area contributed by atoms with Crippen LogP contribution in [0, 0.1) is 0 Å². The minimum absolute atomic E-state index is 0.00151. The summed E-state index contributed by atoms with van der Waals surface area (Å²) in [6, 6.07) is 11.5. The minimum Gasteiger partial charge on any atom is -0.504 e. The summed E-state index contributed by atoms with van der Waals surface area (Å²) in [5.74, 6) is -1.74. The van der Waals surface area contributed by atoms with Crippen LogP contribution in [0.5, 0.6) is 11.5 Å². The predicted molar refractivity (Wildman–Crippen MR) is 114 cm³/mol. The standard InChI is InChI=1S/C23H27F2N3O2/c1-4-5-18(15-6-9-17(10-7-15)23(2,24)25)27-22-14-26-13-19(28-22)16-8-11-20(29)21(12-16)30-3/h6-12,14,18,26-27,29H,4-5,13H2,1-3H3. The van der Waals surface area contributed by atoms with E-state index in [-0.39, 0.29) is 17.4 Å². The Bertz CT molecular complexity index is 934. The molecule has 0 aromatic heterocycles. The maximum atomic E-state index is 13.5. The highest BCUT2D eigenvalue weighted by Crippen LogP contribution is 2.30. The highest BCUT2D eigenvalue weighted by molar-refractivity contribution is 6.03. The van der Waals surface area contributed by atoms with Crippen molar-refractivity contribution >= 4 is 5.71 Å². The Labute approximate surface area is 175 Å². The van der Waals surface area contributed by atoms with Gasteiger partial charge in [0.25, 0.3) is 5.92 Å². The monoisotopic (exact) mass is 415 g/mol. The number of methoxy groups -OCH3 is 1. The number of halogens is 2. The number of ether oxygens (including phenoxy) is 1. The number of hydrogen-bond donors (Lipinski definition) is 3. The Hall–Kier alpha value is -3.09. The van der Waals surface area contributed by atoms with E-state index in [0.717, 1.165) is 36.6 Å². The lowest BCUT2D eigenvalue weighted by Crippen LogP contribution is -2.29. The van der Waals surface area contributed by atoms with Gasteiger partial charge >= 0.3 is 0 Å². The zero-order valence-corrected chi connectivity index (χ0v) is 17.4. The first-order valence-corrected chi connectivity index (χ1v) is 9.95. The van der Waals surface area contributed by atoms with Crippen molar-refractivity contribution in [3.8, 4) is 11.5 Å². The van der Waals surface area contributed by atoms with E-state index in [0.29, 0.717) is 18.1 Å². The molecule has 5 nitrogen and oxygen atoms in total. The molecule has 1 aliphatic heterocycles. The minimum atomic E-state index is -2.85. The summed E-state index contributed by atoms with van der Waals surface area (Å²) in [6.07, 6.45) is 3.56. The third-order valence-corrected chi connectivity index (χ3v) is 5.00. The fourth-order valence-electron chi connectivity index (χ4n) is 3.36. The molecule has 1 unspecified atom stereocenters. The highest BCUT2D eigenvalue weighted by Gasteiger charge is 2.24. The molecule has 0 radical (unpaired) electrons. The van der Waals surface area contributed by atoms with Crippen LogP contribution >= 0.6 is 0 Å². The maximum absolute atomic E-state index is 13.5. The molecule has 2 aromatic carbocycles. The number of nitrogens with one attached hydrogen (secondary N) is 2. The lowest BCUT2D eigenvalue weighted by molar-refractivity contribution is 0.0174. The zero-order valence-electron chi connectivity index (χ0n) is 17.4. The van der Waals surface area contributed by atoms with E-state index < -0.39 is 5.92 Å². The number of rotatable bonds is 8. The van der Waals surface area contributed by atoms with Crippen molar-refractivity contribution in [2.24, 2.45) is 4.99 Å². The van der Waals surface area contributed by atoms with Crippen LogP contribution in [0.25, 0.3) is 0 Å². The van der Waals surface area contributed by atoms with Crippen LogP contribution in [0.1, 0.15) is 49.4 Å². The maximum Gasteiger partial charge on any atom is 0.270 e. The average molecular weight is 415 g/mol. The fourth-order valence-corrected chi connectivity index (χ4v) is 3.36. The van der Waals surface area contributed by atoms with Gasteiger partial charge < -0.3 is 20.5 Å². The van der Waals surface area contributed by atoms with Gasteiger partial charge in [-0.25, -0.2) is 13.8 Å². The fraction of sp³-hybridized carbons (Fsp3) is 0.348. The van der Waals surface area contributed by atoms with E-state index in [1.54, 1.807) is 36.5 Å². The van der Waals surface area contributed by atoms with E-state index in [4.69, 9.17) is 9.73 Å². The topological polar surface area (TPSA) is 65.9 Å². The van der Waals surface area contributed by atoms with E-state index >= 15 is 0 Å². The first-order valence-electron chi connectivity index (χ1n) is 9.95. The Morgan fingerprint density at radius 2 is 1.97 bits per heavy atom. The van der Waals surface area contributed by atoms with Crippen molar-refractivity contribution < 1.29 is 18.6 Å². The van der Waals surface area contributed by atoms with Gasteiger partial charge in [-0.3, -0.25) is 0 Å². The number of nitrogens with zero attached hydrogens (tertiary/aromatic N) is 1. The zero-order chi connectivity index (χ0) is 21.7. The predicted octanol–water partition coefficient (Wildman–Crippen LogP) is 4.83. The second kappa shape index (κ2) is 9.15. The van der Waals surface area contributed by atoms with Crippen LogP contribution < -0.4 is 15.4 Å². The molecule has 0 saturated heterocycles. The van der Waals surface area contributed by atoms with Crippen molar-refractivity contribution in [3.63, 3.8) is 0 Å². The van der Waals surface area contributed by atoms with Gasteiger partial charge in [-0.2, -0.15) is 0 Å². The summed E-state index contributed by atoms with van der Waals surface area (Å²) in [4.78, 5) is 4.71.